The third-order valence-corrected chi connectivity index (χ3v) is 9.94. The molecule has 3 saturated carbocycles. The molecule has 0 aromatic heterocycles. The zero-order valence-electron chi connectivity index (χ0n) is 18.4. The van der Waals surface area contributed by atoms with Gasteiger partial charge in [-0.1, -0.05) is 32.0 Å². The summed E-state index contributed by atoms with van der Waals surface area (Å²) in [5, 5.41) is 7.19. The van der Waals surface area contributed by atoms with E-state index >= 15 is 0 Å². The second kappa shape index (κ2) is 7.03. The molecule has 1 aromatic carbocycles. The number of piperidine rings is 1. The molecule has 29 heavy (non-hydrogen) atoms. The lowest BCUT2D eigenvalue weighted by Gasteiger charge is -2.60. The fourth-order valence-corrected chi connectivity index (χ4v) is 8.46. The number of hydrogen-bond donors (Lipinski definition) is 2. The largest absolute Gasteiger partial charge is 0.382 e. The van der Waals surface area contributed by atoms with Gasteiger partial charge in [0, 0.05) is 24.2 Å². The zero-order valence-corrected chi connectivity index (χ0v) is 18.4. The molecule has 1 amide bonds. The number of carbonyl (C=O) groups is 1. The van der Waals surface area contributed by atoms with Gasteiger partial charge in [-0.3, -0.25) is 4.79 Å². The molecule has 3 heteroatoms. The predicted molar refractivity (Wildman–Crippen MR) is 119 cm³/mol. The summed E-state index contributed by atoms with van der Waals surface area (Å²) in [5.41, 5.74) is 2.04. The maximum Gasteiger partial charge on any atom is 0.220 e. The molecule has 0 bridgehead atoms. The normalized spacial score (nSPS) is 44.8. The lowest BCUT2D eigenvalue weighted by atomic mass is 9.47. The Morgan fingerprint density at radius 2 is 1.72 bits per heavy atom. The van der Waals surface area contributed by atoms with Gasteiger partial charge in [-0.2, -0.15) is 0 Å². The summed E-state index contributed by atoms with van der Waals surface area (Å²) in [4.78, 5) is 12.0. The van der Waals surface area contributed by atoms with Crippen molar-refractivity contribution in [2.75, 3.05) is 5.32 Å². The minimum absolute atomic E-state index is 0.285. The molecule has 4 fully saturated rings. The number of rotatable bonds is 3. The first-order valence-corrected chi connectivity index (χ1v) is 12.0. The van der Waals surface area contributed by atoms with Gasteiger partial charge >= 0.3 is 0 Å². The first kappa shape index (κ1) is 19.5. The first-order chi connectivity index (χ1) is 13.9. The highest BCUT2D eigenvalue weighted by atomic mass is 16.1. The molecule has 1 heterocycles. The summed E-state index contributed by atoms with van der Waals surface area (Å²) in [5.74, 6) is 3.57. The number of hydrogen-bond acceptors (Lipinski definition) is 2. The Kier molecular flexibility index (Phi) is 4.71. The van der Waals surface area contributed by atoms with Crippen LogP contribution in [0.3, 0.4) is 0 Å². The third kappa shape index (κ3) is 3.02. The Bertz CT molecular complexity index is 763. The van der Waals surface area contributed by atoms with Crippen molar-refractivity contribution in [2.24, 2.45) is 34.5 Å². The lowest BCUT2D eigenvalue weighted by Crippen LogP contribution is -2.61. The van der Waals surface area contributed by atoms with Crippen LogP contribution in [0.15, 0.2) is 30.3 Å². The number of fused-ring (bicyclic) bond motifs is 5. The second-order valence-corrected chi connectivity index (χ2v) is 11.1. The van der Waals surface area contributed by atoms with Crippen molar-refractivity contribution in [3.8, 4) is 0 Å². The van der Waals surface area contributed by atoms with E-state index in [0.717, 1.165) is 36.5 Å². The third-order valence-electron chi connectivity index (χ3n) is 9.94. The van der Waals surface area contributed by atoms with Crippen LogP contribution in [-0.4, -0.2) is 18.0 Å². The summed E-state index contributed by atoms with van der Waals surface area (Å²) >= 11 is 0. The molecule has 8 atom stereocenters. The highest BCUT2D eigenvalue weighted by molar-refractivity contribution is 5.77. The molecule has 1 aliphatic heterocycles. The Hall–Kier alpha value is -1.51. The van der Waals surface area contributed by atoms with Crippen molar-refractivity contribution in [2.45, 2.75) is 84.2 Å². The van der Waals surface area contributed by atoms with Crippen molar-refractivity contribution in [1.82, 2.24) is 5.32 Å². The van der Waals surface area contributed by atoms with Crippen LogP contribution in [-0.2, 0) is 4.79 Å². The van der Waals surface area contributed by atoms with Gasteiger partial charge < -0.3 is 10.6 Å². The van der Waals surface area contributed by atoms with E-state index in [-0.39, 0.29) is 5.91 Å². The maximum atomic E-state index is 12.0. The van der Waals surface area contributed by atoms with Crippen molar-refractivity contribution in [3.05, 3.63) is 30.3 Å². The Labute approximate surface area is 176 Å². The lowest BCUT2D eigenvalue weighted by molar-refractivity contribution is -0.136. The highest BCUT2D eigenvalue weighted by Gasteiger charge is 2.60. The molecule has 0 spiro atoms. The summed E-state index contributed by atoms with van der Waals surface area (Å²) in [6.07, 6.45) is 9.83. The molecule has 0 radical (unpaired) electrons. The van der Waals surface area contributed by atoms with E-state index in [1.165, 1.54) is 44.2 Å². The first-order valence-electron chi connectivity index (χ1n) is 12.0. The summed E-state index contributed by atoms with van der Waals surface area (Å²) in [7, 11) is 0. The average molecular weight is 395 g/mol. The van der Waals surface area contributed by atoms with Gasteiger partial charge in [-0.25, -0.2) is 0 Å². The van der Waals surface area contributed by atoms with Gasteiger partial charge in [-0.05, 0) is 98.5 Å². The molecule has 1 saturated heterocycles. The molecule has 158 valence electrons. The van der Waals surface area contributed by atoms with Crippen LogP contribution in [0, 0.1) is 34.5 Å². The topological polar surface area (TPSA) is 41.1 Å². The van der Waals surface area contributed by atoms with Crippen LogP contribution in [0.1, 0.15) is 72.1 Å². The van der Waals surface area contributed by atoms with Gasteiger partial charge in [0.25, 0.3) is 0 Å². The predicted octanol–water partition coefficient (Wildman–Crippen LogP) is 5.62. The van der Waals surface area contributed by atoms with Crippen LogP contribution in [0.5, 0.6) is 0 Å². The number of amides is 1. The number of anilines is 1. The molecule has 2 N–H and O–H groups in total. The fourth-order valence-electron chi connectivity index (χ4n) is 8.46. The zero-order chi connectivity index (χ0) is 20.2. The number of carbonyl (C=O) groups excluding carboxylic acids is 1. The fraction of sp³-hybridized carbons (Fsp3) is 0.731. The van der Waals surface area contributed by atoms with Gasteiger partial charge in [0.2, 0.25) is 5.91 Å². The van der Waals surface area contributed by atoms with Crippen LogP contribution in [0.25, 0.3) is 0 Å². The van der Waals surface area contributed by atoms with Crippen molar-refractivity contribution < 1.29 is 4.79 Å². The molecule has 5 rings (SSSR count). The van der Waals surface area contributed by atoms with Crippen LogP contribution < -0.4 is 10.6 Å². The SMILES string of the molecule is CC(Nc1ccccc1)[C@H]1CC[C@H]2[C@@H]3CC[C@H]4NC(=O)CC[C@]4(C)[C@H]3CC[C@]12C. The van der Waals surface area contributed by atoms with Crippen LogP contribution >= 0.6 is 0 Å². The van der Waals surface area contributed by atoms with Gasteiger partial charge in [-0.15, -0.1) is 0 Å². The molecule has 4 aliphatic rings. The molecular formula is C26H38N2O. The quantitative estimate of drug-likeness (QED) is 0.698. The number of nitrogens with one attached hydrogen (secondary N) is 2. The molecule has 1 aromatic rings. The summed E-state index contributed by atoms with van der Waals surface area (Å²) in [6, 6.07) is 11.7. The van der Waals surface area contributed by atoms with E-state index in [1.807, 2.05) is 0 Å². The van der Waals surface area contributed by atoms with Crippen molar-refractivity contribution in [3.63, 3.8) is 0 Å². The smallest absolute Gasteiger partial charge is 0.220 e. The highest BCUT2D eigenvalue weighted by Crippen LogP contribution is 2.66. The number of benzene rings is 1. The standard InChI is InChI=1S/C26H38N2O/c1-17(27-18-7-5-4-6-8-18)20-10-11-21-19-9-12-23-26(3,16-14-24(29)28-23)22(19)13-15-25(20,21)2/h4-8,17,19-23,27H,9-16H2,1-3H3,(H,28,29)/t17?,19-,20+,21-,22-,23+,25+,26+/m0/s1. The number of para-hydroxylation sites is 1. The van der Waals surface area contributed by atoms with E-state index in [0.29, 0.717) is 22.9 Å². The monoisotopic (exact) mass is 394 g/mol. The van der Waals surface area contributed by atoms with Gasteiger partial charge in [0.1, 0.15) is 0 Å². The second-order valence-electron chi connectivity index (χ2n) is 11.1. The molecule has 3 nitrogen and oxygen atoms in total. The minimum Gasteiger partial charge on any atom is -0.382 e. The van der Waals surface area contributed by atoms with Crippen molar-refractivity contribution >= 4 is 11.6 Å². The van der Waals surface area contributed by atoms with E-state index in [9.17, 15) is 4.79 Å². The molecule has 3 aliphatic carbocycles. The van der Waals surface area contributed by atoms with E-state index in [2.05, 4.69) is 61.7 Å². The Balaban J connectivity index is 1.35. The Morgan fingerprint density at radius 3 is 2.52 bits per heavy atom. The van der Waals surface area contributed by atoms with Gasteiger partial charge in [0.15, 0.2) is 0 Å². The Morgan fingerprint density at radius 1 is 0.966 bits per heavy atom. The van der Waals surface area contributed by atoms with Crippen LogP contribution in [0.4, 0.5) is 5.69 Å². The van der Waals surface area contributed by atoms with Gasteiger partial charge in [0.05, 0.1) is 0 Å². The van der Waals surface area contributed by atoms with Crippen molar-refractivity contribution in [1.29, 1.82) is 0 Å². The van der Waals surface area contributed by atoms with E-state index in [4.69, 9.17) is 0 Å². The van der Waals surface area contributed by atoms with E-state index in [1.54, 1.807) is 0 Å². The summed E-state index contributed by atoms with van der Waals surface area (Å²) < 4.78 is 0. The van der Waals surface area contributed by atoms with Crippen LogP contribution in [0.2, 0.25) is 0 Å². The maximum absolute atomic E-state index is 12.0. The molecule has 1 unspecified atom stereocenters. The minimum atomic E-state index is 0.285. The average Bonchev–Trinajstić information content (AvgIpc) is 3.06. The summed E-state index contributed by atoms with van der Waals surface area (Å²) in [6.45, 7) is 7.53. The molecular weight excluding hydrogens is 356 g/mol. The van der Waals surface area contributed by atoms with E-state index < -0.39 is 0 Å².